The van der Waals surface area contributed by atoms with Crippen molar-refractivity contribution in [3.05, 3.63) is 18.2 Å². The number of nitrogens with two attached hydrogens (primary N) is 1. The normalized spacial score (nSPS) is 13.9. The fourth-order valence-electron chi connectivity index (χ4n) is 1.45. The predicted molar refractivity (Wildman–Crippen MR) is 79.9 cm³/mol. The van der Waals surface area contributed by atoms with Crippen LogP contribution in [0.4, 0.5) is 11.4 Å². The molecular formula is C12H16ClN3O2S. The second kappa shape index (κ2) is 5.81. The summed E-state index contributed by atoms with van der Waals surface area (Å²) in [7, 11) is 0. The van der Waals surface area contributed by atoms with Gasteiger partial charge in [-0.15, -0.1) is 24.2 Å². The first kappa shape index (κ1) is 15.8. The minimum atomic E-state index is -0.937. The maximum atomic E-state index is 11.7. The Labute approximate surface area is 122 Å². The molecule has 0 fully saturated rings. The van der Waals surface area contributed by atoms with E-state index in [0.717, 1.165) is 10.6 Å². The van der Waals surface area contributed by atoms with Gasteiger partial charge in [0.2, 0.25) is 11.8 Å². The minimum absolute atomic E-state index is 0. The summed E-state index contributed by atoms with van der Waals surface area (Å²) in [4.78, 5) is 24.0. The van der Waals surface area contributed by atoms with Crippen LogP contribution in [-0.4, -0.2) is 23.1 Å². The highest BCUT2D eigenvalue weighted by Crippen LogP contribution is 2.33. The number of fused-ring (bicyclic) bond motifs is 1. The molecule has 0 bridgehead atoms. The van der Waals surface area contributed by atoms with Crippen LogP contribution in [0.2, 0.25) is 0 Å². The SMILES string of the molecule is CC(C)(N)C(=O)Nc1ccc2c(c1)NC(=O)CS2.Cl. The van der Waals surface area contributed by atoms with Crippen molar-refractivity contribution in [2.75, 3.05) is 16.4 Å². The highest BCUT2D eigenvalue weighted by atomic mass is 35.5. The van der Waals surface area contributed by atoms with Crippen molar-refractivity contribution in [3.8, 4) is 0 Å². The van der Waals surface area contributed by atoms with E-state index in [2.05, 4.69) is 10.6 Å². The summed E-state index contributed by atoms with van der Waals surface area (Å²) in [6.45, 7) is 3.27. The number of rotatable bonds is 2. The number of halogens is 1. The maximum Gasteiger partial charge on any atom is 0.243 e. The molecule has 0 spiro atoms. The third kappa shape index (κ3) is 3.86. The second-order valence-corrected chi connectivity index (χ2v) is 5.74. The molecule has 2 amide bonds. The summed E-state index contributed by atoms with van der Waals surface area (Å²) in [5, 5.41) is 5.49. The maximum absolute atomic E-state index is 11.7. The van der Waals surface area contributed by atoms with Crippen molar-refractivity contribution in [3.63, 3.8) is 0 Å². The lowest BCUT2D eigenvalue weighted by molar-refractivity contribution is -0.120. The van der Waals surface area contributed by atoms with Gasteiger partial charge in [0.25, 0.3) is 0 Å². The van der Waals surface area contributed by atoms with Gasteiger partial charge in [0, 0.05) is 10.6 Å². The third-order valence-electron chi connectivity index (χ3n) is 2.46. The number of anilines is 2. The number of hydrogen-bond acceptors (Lipinski definition) is 4. The van der Waals surface area contributed by atoms with Gasteiger partial charge in [0.1, 0.15) is 0 Å². The van der Waals surface area contributed by atoms with E-state index in [9.17, 15) is 9.59 Å². The molecule has 5 nitrogen and oxygen atoms in total. The van der Waals surface area contributed by atoms with Gasteiger partial charge in [-0.3, -0.25) is 9.59 Å². The second-order valence-electron chi connectivity index (χ2n) is 4.72. The van der Waals surface area contributed by atoms with Crippen LogP contribution in [0, 0.1) is 0 Å². The van der Waals surface area contributed by atoms with E-state index >= 15 is 0 Å². The average molecular weight is 302 g/mol. The lowest BCUT2D eigenvalue weighted by Gasteiger charge is -2.20. The largest absolute Gasteiger partial charge is 0.324 e. The summed E-state index contributed by atoms with van der Waals surface area (Å²) in [5.41, 5.74) is 6.12. The number of nitrogens with one attached hydrogen (secondary N) is 2. The standard InChI is InChI=1S/C12H15N3O2S.ClH/c1-12(2,13)11(17)14-7-3-4-9-8(5-7)15-10(16)6-18-9;/h3-5H,6,13H2,1-2H3,(H,14,17)(H,15,16);1H. The van der Waals surface area contributed by atoms with Gasteiger partial charge < -0.3 is 16.4 Å². The van der Waals surface area contributed by atoms with E-state index in [1.54, 1.807) is 26.0 Å². The van der Waals surface area contributed by atoms with E-state index in [4.69, 9.17) is 5.73 Å². The van der Waals surface area contributed by atoms with Gasteiger partial charge in [-0.25, -0.2) is 0 Å². The Balaban J connectivity index is 0.00000180. The number of benzene rings is 1. The van der Waals surface area contributed by atoms with Gasteiger partial charge in [-0.05, 0) is 32.0 Å². The summed E-state index contributed by atoms with van der Waals surface area (Å²) in [5.74, 6) is 0.126. The molecule has 19 heavy (non-hydrogen) atoms. The Morgan fingerprint density at radius 2 is 2.16 bits per heavy atom. The highest BCUT2D eigenvalue weighted by Gasteiger charge is 2.22. The van der Waals surface area contributed by atoms with Crippen LogP contribution in [0.3, 0.4) is 0 Å². The summed E-state index contributed by atoms with van der Waals surface area (Å²) < 4.78 is 0. The fraction of sp³-hybridized carbons (Fsp3) is 0.333. The summed E-state index contributed by atoms with van der Waals surface area (Å²) in [6, 6.07) is 5.41. The molecule has 4 N–H and O–H groups in total. The molecule has 0 aromatic heterocycles. The van der Waals surface area contributed by atoms with Gasteiger partial charge in [0.05, 0.1) is 17.0 Å². The quantitative estimate of drug-likeness (QED) is 0.778. The van der Waals surface area contributed by atoms with E-state index < -0.39 is 5.54 Å². The van der Waals surface area contributed by atoms with E-state index in [1.807, 2.05) is 6.07 Å². The molecule has 0 radical (unpaired) electrons. The number of thioether (sulfide) groups is 1. The van der Waals surface area contributed by atoms with Crippen molar-refractivity contribution in [1.82, 2.24) is 0 Å². The number of carbonyl (C=O) groups is 2. The lowest BCUT2D eigenvalue weighted by atomic mass is 10.1. The van der Waals surface area contributed by atoms with Crippen LogP contribution in [0.25, 0.3) is 0 Å². The molecule has 0 saturated heterocycles. The number of carbonyl (C=O) groups excluding carboxylic acids is 2. The Kier molecular flexibility index (Phi) is 4.84. The molecule has 1 heterocycles. The zero-order valence-electron chi connectivity index (χ0n) is 10.6. The van der Waals surface area contributed by atoms with Gasteiger partial charge in [-0.1, -0.05) is 0 Å². The Hall–Kier alpha value is -1.24. The lowest BCUT2D eigenvalue weighted by Crippen LogP contribution is -2.45. The van der Waals surface area contributed by atoms with Crippen LogP contribution < -0.4 is 16.4 Å². The molecular weight excluding hydrogens is 286 g/mol. The van der Waals surface area contributed by atoms with Gasteiger partial charge in [0.15, 0.2) is 0 Å². The van der Waals surface area contributed by atoms with Crippen molar-refractivity contribution in [2.24, 2.45) is 5.73 Å². The van der Waals surface area contributed by atoms with Crippen LogP contribution in [-0.2, 0) is 9.59 Å². The minimum Gasteiger partial charge on any atom is -0.324 e. The van der Waals surface area contributed by atoms with Crippen molar-refractivity contribution in [2.45, 2.75) is 24.3 Å². The fourth-order valence-corrected chi connectivity index (χ4v) is 2.24. The molecule has 1 aromatic carbocycles. The van der Waals surface area contributed by atoms with E-state index in [1.165, 1.54) is 11.8 Å². The van der Waals surface area contributed by atoms with Gasteiger partial charge >= 0.3 is 0 Å². The molecule has 2 rings (SSSR count). The van der Waals surface area contributed by atoms with Crippen molar-refractivity contribution < 1.29 is 9.59 Å². The first-order valence-electron chi connectivity index (χ1n) is 5.53. The molecule has 1 aromatic rings. The van der Waals surface area contributed by atoms with E-state index in [0.29, 0.717) is 11.4 Å². The van der Waals surface area contributed by atoms with Crippen LogP contribution in [0.1, 0.15) is 13.8 Å². The topological polar surface area (TPSA) is 84.2 Å². The zero-order chi connectivity index (χ0) is 13.3. The van der Waals surface area contributed by atoms with Crippen LogP contribution in [0.15, 0.2) is 23.1 Å². The van der Waals surface area contributed by atoms with Crippen molar-refractivity contribution in [1.29, 1.82) is 0 Å². The first-order chi connectivity index (χ1) is 8.36. The summed E-state index contributed by atoms with van der Waals surface area (Å²) in [6.07, 6.45) is 0. The average Bonchev–Trinajstić information content (AvgIpc) is 2.27. The summed E-state index contributed by atoms with van der Waals surface area (Å²) >= 11 is 1.48. The van der Waals surface area contributed by atoms with Crippen molar-refractivity contribution >= 4 is 47.4 Å². The first-order valence-corrected chi connectivity index (χ1v) is 6.52. The monoisotopic (exact) mass is 301 g/mol. The molecule has 0 saturated carbocycles. The Bertz CT molecular complexity index is 514. The third-order valence-corrected chi connectivity index (χ3v) is 3.53. The smallest absolute Gasteiger partial charge is 0.243 e. The molecule has 104 valence electrons. The molecule has 0 unspecified atom stereocenters. The van der Waals surface area contributed by atoms with E-state index in [-0.39, 0.29) is 24.2 Å². The molecule has 0 atom stereocenters. The molecule has 1 aliphatic heterocycles. The Morgan fingerprint density at radius 1 is 1.47 bits per heavy atom. The molecule has 0 aliphatic carbocycles. The zero-order valence-corrected chi connectivity index (χ0v) is 12.3. The highest BCUT2D eigenvalue weighted by molar-refractivity contribution is 8.00. The van der Waals surface area contributed by atoms with Gasteiger partial charge in [-0.2, -0.15) is 0 Å². The Morgan fingerprint density at radius 3 is 2.79 bits per heavy atom. The van der Waals surface area contributed by atoms with Crippen LogP contribution >= 0.6 is 24.2 Å². The number of hydrogen-bond donors (Lipinski definition) is 3. The molecule has 7 heteroatoms. The molecule has 1 aliphatic rings. The number of amides is 2. The predicted octanol–water partition coefficient (Wildman–Crippen LogP) is 1.83. The van der Waals surface area contributed by atoms with Crippen LogP contribution in [0.5, 0.6) is 0 Å².